The minimum atomic E-state index is -0.315. The van der Waals surface area contributed by atoms with Crippen LogP contribution in [0.25, 0.3) is 77.2 Å². The number of benzene rings is 10. The first kappa shape index (κ1) is 83.2. The molecule has 0 amide bonds. The van der Waals surface area contributed by atoms with Crippen molar-refractivity contribution in [3.63, 3.8) is 0 Å². The molecule has 0 saturated heterocycles. The van der Waals surface area contributed by atoms with Gasteiger partial charge in [-0.15, -0.1) is 47.8 Å². The Balaban J connectivity index is 0.000000221. The molecule has 0 saturated carbocycles. The molecular weight excluding hydrogens is 1410 g/mol. The number of thioether (sulfide) groups is 2. The third kappa shape index (κ3) is 19.5. The zero-order valence-electron chi connectivity index (χ0n) is 67.2. The number of halogens is 2. The van der Waals surface area contributed by atoms with Gasteiger partial charge in [0.1, 0.15) is 23.1 Å². The Labute approximate surface area is 656 Å². The summed E-state index contributed by atoms with van der Waals surface area (Å²) in [6.07, 6.45) is 5.88. The quantitative estimate of drug-likeness (QED) is 0.106. The average Bonchev–Trinajstić information content (AvgIpc) is 1.61. The summed E-state index contributed by atoms with van der Waals surface area (Å²) in [5.41, 5.74) is 17.2. The average molecular weight is 1520 g/mol. The molecule has 0 spiro atoms. The third-order valence-electron chi connectivity index (χ3n) is 19.8. The molecule has 4 nitrogen and oxygen atoms in total. The van der Waals surface area contributed by atoms with Crippen LogP contribution in [0.15, 0.2) is 204 Å². The molecule has 12 aromatic rings. The van der Waals surface area contributed by atoms with Crippen LogP contribution in [0.3, 0.4) is 0 Å². The molecule has 0 fully saturated rings. The number of phenols is 2. The van der Waals surface area contributed by atoms with Gasteiger partial charge in [-0.05, 0) is 187 Å². The summed E-state index contributed by atoms with van der Waals surface area (Å²) >= 11 is 3.13. The Morgan fingerprint density at radius 3 is 0.810 bits per heavy atom. The van der Waals surface area contributed by atoms with E-state index in [0.717, 1.165) is 99.9 Å². The van der Waals surface area contributed by atoms with Crippen LogP contribution in [0, 0.1) is 36.3 Å². The van der Waals surface area contributed by atoms with Crippen molar-refractivity contribution < 1.29 is 45.2 Å². The first-order valence-corrected chi connectivity index (χ1v) is 39.0. The van der Waals surface area contributed by atoms with Gasteiger partial charge in [-0.3, -0.25) is 0 Å². The Kier molecular flexibility index (Phi) is 25.2. The van der Waals surface area contributed by atoms with Gasteiger partial charge >= 0.3 is 26.2 Å². The van der Waals surface area contributed by atoms with E-state index in [1.165, 1.54) is 34.4 Å². The van der Waals surface area contributed by atoms with Crippen molar-refractivity contribution in [2.45, 2.75) is 207 Å². The fourth-order valence-electron chi connectivity index (χ4n) is 14.8. The zero-order chi connectivity index (χ0) is 76.8. The second-order valence-electron chi connectivity index (χ2n) is 36.3. The molecule has 9 heteroatoms. The van der Waals surface area contributed by atoms with Crippen LogP contribution >= 0.6 is 23.5 Å². The molecule has 0 aliphatic carbocycles. The van der Waals surface area contributed by atoms with Crippen molar-refractivity contribution in [1.82, 2.24) is 9.13 Å². The van der Waals surface area contributed by atoms with E-state index in [1.807, 2.05) is 85.3 Å². The summed E-state index contributed by atoms with van der Waals surface area (Å²) in [5, 5.41) is 29.3. The predicted octanol–water partition coefficient (Wildman–Crippen LogP) is 28.4. The summed E-state index contributed by atoms with van der Waals surface area (Å²) < 4.78 is 34.2. The van der Waals surface area contributed by atoms with E-state index in [0.29, 0.717) is 22.3 Å². The number of hydrogen-bond donors (Lipinski definition) is 2. The number of phenolic OH excluding ortho intramolecular Hbond substituents is 2. The number of nitrogens with zero attached hydrogens (tertiary/aromatic N) is 2. The van der Waals surface area contributed by atoms with Crippen LogP contribution in [0.1, 0.15) is 210 Å². The van der Waals surface area contributed by atoms with Gasteiger partial charge < -0.3 is 19.3 Å². The summed E-state index contributed by atoms with van der Waals surface area (Å²) in [4.78, 5) is 1.85. The van der Waals surface area contributed by atoms with Gasteiger partial charge in [0.25, 0.3) is 0 Å². The van der Waals surface area contributed by atoms with Crippen molar-refractivity contribution in [1.29, 1.82) is 0 Å². The molecule has 0 unspecified atom stereocenters. The SMILES string of the molecule is CSc1ccc(F)cc1-c1cc(C(C)(C)CC(C)(C)C)cc(-n2c3cc(C(C)(C)C)ccc3c3ccc(C(C)(C)C)cc32)c1O.CSc1ccc(F)cc1-c1cc(C(C)(C)CC(C)(C)C)cc(-n2c3cc(C(C)(C)C)ccc3c3ccc(C(C)(C)C)cc32)c1O.[CH2-]c1ccccc1.[CH2-]c1ccccc1.[Zr+2]. The van der Waals surface area contributed by atoms with Gasteiger partial charge in [-0.25, -0.2) is 8.78 Å². The van der Waals surface area contributed by atoms with E-state index < -0.39 is 0 Å². The second-order valence-corrected chi connectivity index (χ2v) is 38.0. The number of fused-ring (bicyclic) bond motifs is 6. The third-order valence-corrected chi connectivity index (χ3v) is 21.3. The number of hydrogen-bond acceptors (Lipinski definition) is 4. The standard InChI is InChI=1S/2C41H50FNOS.2C7H7.Zr/c2*1-38(2,3)24-41(10,11)27-19-32(31-23-28(42)15-18-36(31)45-12)37(44)35(22-27)43-33-20-25(39(4,5)6)13-16-29(33)30-17-14-26(21-34(30)43)40(7,8)9;2*1-7-5-3-2-4-6-7;/h2*13-23,44H,24H2,1-12H3;2*2-6H,1H2;/q;;2*-1;+2. The normalized spacial score (nSPS) is 12.5. The largest absolute Gasteiger partial charge is 2.00 e. The van der Waals surface area contributed by atoms with Crippen molar-refractivity contribution >= 4 is 67.1 Å². The van der Waals surface area contributed by atoms with Gasteiger partial charge in [0.2, 0.25) is 0 Å². The Morgan fingerprint density at radius 1 is 0.324 bits per heavy atom. The van der Waals surface area contributed by atoms with Gasteiger partial charge in [0.15, 0.2) is 0 Å². The Hall–Kier alpha value is -7.42. The molecule has 0 aliphatic rings. The molecule has 2 aromatic heterocycles. The van der Waals surface area contributed by atoms with Crippen LogP contribution in [0.5, 0.6) is 11.5 Å². The molecule has 2 N–H and O–H groups in total. The van der Waals surface area contributed by atoms with Gasteiger partial charge in [0.05, 0.1) is 33.4 Å². The molecule has 0 radical (unpaired) electrons. The summed E-state index contributed by atoms with van der Waals surface area (Å²) in [7, 11) is 0. The van der Waals surface area contributed by atoms with E-state index in [-0.39, 0.29) is 92.7 Å². The fraction of sp³-hybridized carbons (Fsp3) is 0.354. The van der Waals surface area contributed by atoms with E-state index in [1.54, 1.807) is 35.7 Å². The van der Waals surface area contributed by atoms with Gasteiger partial charge in [-0.1, -0.05) is 213 Å². The number of rotatable bonds is 10. The van der Waals surface area contributed by atoms with Crippen LogP contribution in [0.2, 0.25) is 0 Å². The molecule has 12 rings (SSSR count). The minimum Gasteiger partial charge on any atom is -0.505 e. The first-order valence-electron chi connectivity index (χ1n) is 36.6. The van der Waals surface area contributed by atoms with Crippen LogP contribution < -0.4 is 0 Å². The summed E-state index contributed by atoms with van der Waals surface area (Å²) in [6.45, 7) is 57.0. The van der Waals surface area contributed by atoms with Crippen LogP contribution in [-0.2, 0) is 58.7 Å². The predicted molar refractivity (Wildman–Crippen MR) is 450 cm³/mol. The summed E-state index contributed by atoms with van der Waals surface area (Å²) in [5.74, 6) is -0.311. The van der Waals surface area contributed by atoms with Crippen molar-refractivity contribution in [2.75, 3.05) is 12.5 Å². The molecule has 0 bridgehead atoms. The topological polar surface area (TPSA) is 50.3 Å². The minimum absolute atomic E-state index is 0. The van der Waals surface area contributed by atoms with Gasteiger partial charge in [0, 0.05) is 53.6 Å². The molecule has 550 valence electrons. The molecular formula is C96H114F2N2O2S2Zr. The van der Waals surface area contributed by atoms with E-state index in [9.17, 15) is 19.0 Å². The molecule has 0 atom stereocenters. The maximum Gasteiger partial charge on any atom is 2.00 e. The van der Waals surface area contributed by atoms with E-state index in [4.69, 9.17) is 0 Å². The molecule has 2 heterocycles. The first-order chi connectivity index (χ1) is 48.2. The number of aromatic hydroxyl groups is 2. The monoisotopic (exact) mass is 1520 g/mol. The summed E-state index contributed by atoms with van der Waals surface area (Å²) in [6, 6.07) is 65.0. The van der Waals surface area contributed by atoms with Crippen molar-refractivity contribution in [2.24, 2.45) is 10.8 Å². The Morgan fingerprint density at radius 2 is 0.590 bits per heavy atom. The molecule has 105 heavy (non-hydrogen) atoms. The maximum atomic E-state index is 14.9. The fourth-order valence-corrected chi connectivity index (χ4v) is 16.0. The van der Waals surface area contributed by atoms with Gasteiger partial charge in [-0.2, -0.15) is 49.2 Å². The smallest absolute Gasteiger partial charge is 0.505 e. The van der Waals surface area contributed by atoms with Crippen LogP contribution in [-0.4, -0.2) is 31.9 Å². The number of aromatic nitrogens is 2. The zero-order valence-corrected chi connectivity index (χ0v) is 71.3. The molecule has 10 aromatic carbocycles. The second kappa shape index (κ2) is 31.8. The van der Waals surface area contributed by atoms with E-state index >= 15 is 0 Å². The molecule has 0 aliphatic heterocycles. The van der Waals surface area contributed by atoms with E-state index in [2.05, 4.69) is 272 Å². The maximum absolute atomic E-state index is 14.9. The van der Waals surface area contributed by atoms with Crippen molar-refractivity contribution in [3.8, 4) is 45.1 Å². The van der Waals surface area contributed by atoms with Crippen LogP contribution in [0.4, 0.5) is 8.78 Å². The van der Waals surface area contributed by atoms with Crippen molar-refractivity contribution in [3.05, 3.63) is 264 Å². The Bertz CT molecular complexity index is 4590.